The van der Waals surface area contributed by atoms with Crippen molar-refractivity contribution in [3.8, 4) is 0 Å². The number of nitrogens with one attached hydrogen (secondary N) is 1. The number of aliphatic hydroxyl groups is 1. The summed E-state index contributed by atoms with van der Waals surface area (Å²) in [4.78, 5) is 29.4. The second-order valence-corrected chi connectivity index (χ2v) is 13.5. The van der Waals surface area contributed by atoms with Crippen LogP contribution in [0.4, 0.5) is 0 Å². The number of ether oxygens (including phenoxy) is 1. The van der Waals surface area contributed by atoms with Crippen LogP contribution in [0.15, 0.2) is 0 Å². The van der Waals surface area contributed by atoms with Crippen molar-refractivity contribution in [1.29, 1.82) is 5.41 Å². The van der Waals surface area contributed by atoms with Crippen LogP contribution in [0.1, 0.15) is 72.1 Å². The number of nitrogens with zero attached hydrogens (tertiary/aromatic N) is 2. The third kappa shape index (κ3) is 4.27. The van der Waals surface area contributed by atoms with Crippen molar-refractivity contribution in [3.63, 3.8) is 0 Å². The van der Waals surface area contributed by atoms with Gasteiger partial charge in [-0.15, -0.1) is 0 Å². The van der Waals surface area contributed by atoms with Gasteiger partial charge in [0.2, 0.25) is 5.91 Å². The molecule has 0 aromatic rings. The van der Waals surface area contributed by atoms with E-state index in [0.29, 0.717) is 49.8 Å². The van der Waals surface area contributed by atoms with Gasteiger partial charge in [0, 0.05) is 63.2 Å². The molecule has 202 valence electrons. The molecule has 0 aromatic carbocycles. The monoisotopic (exact) mass is 501 g/mol. The second-order valence-electron chi connectivity index (χ2n) is 13.5. The summed E-state index contributed by atoms with van der Waals surface area (Å²) in [5.74, 6) is 2.04. The fourth-order valence-electron chi connectivity index (χ4n) is 9.74. The molecule has 7 heteroatoms. The van der Waals surface area contributed by atoms with Crippen LogP contribution in [0.3, 0.4) is 0 Å². The van der Waals surface area contributed by atoms with Gasteiger partial charge >= 0.3 is 0 Å². The predicted molar refractivity (Wildman–Crippen MR) is 139 cm³/mol. The quantitative estimate of drug-likeness (QED) is 0.602. The molecule has 0 bridgehead atoms. The number of carbonyl (C=O) groups excluding carboxylic acids is 2. The molecule has 1 saturated heterocycles. The lowest BCUT2D eigenvalue weighted by Gasteiger charge is -2.62. The minimum atomic E-state index is -0.610. The van der Waals surface area contributed by atoms with E-state index in [1.807, 2.05) is 11.8 Å². The Morgan fingerprint density at radius 1 is 1.08 bits per heavy atom. The van der Waals surface area contributed by atoms with Gasteiger partial charge < -0.3 is 20.2 Å². The molecule has 36 heavy (non-hydrogen) atoms. The highest BCUT2D eigenvalue weighted by Crippen LogP contribution is 2.67. The molecule has 0 radical (unpaired) electrons. The first-order chi connectivity index (χ1) is 17.0. The second kappa shape index (κ2) is 9.46. The van der Waals surface area contributed by atoms with Gasteiger partial charge in [-0.25, -0.2) is 0 Å². The molecule has 2 N–H and O–H groups in total. The Balaban J connectivity index is 1.33. The number of amides is 1. The van der Waals surface area contributed by atoms with Crippen molar-refractivity contribution in [3.05, 3.63) is 0 Å². The number of rotatable bonds is 5. The molecule has 1 aliphatic heterocycles. The maximum Gasteiger partial charge on any atom is 0.219 e. The van der Waals surface area contributed by atoms with Gasteiger partial charge in [0.25, 0.3) is 0 Å². The Morgan fingerprint density at radius 3 is 2.47 bits per heavy atom. The highest BCUT2D eigenvalue weighted by atomic mass is 16.5. The number of methoxy groups -OCH3 is 1. The number of fused-ring (bicyclic) bond motifs is 5. The Morgan fingerprint density at radius 2 is 1.81 bits per heavy atom. The first-order valence-corrected chi connectivity index (χ1v) is 14.3. The number of carbonyl (C=O) groups is 2. The molecule has 1 amide bonds. The minimum Gasteiger partial charge on any atom is -0.390 e. The van der Waals surface area contributed by atoms with Crippen molar-refractivity contribution < 1.29 is 19.4 Å². The number of ketones is 1. The summed E-state index contributed by atoms with van der Waals surface area (Å²) in [7, 11) is 1.79. The zero-order valence-electron chi connectivity index (χ0n) is 22.9. The third-order valence-corrected chi connectivity index (χ3v) is 11.4. The molecule has 0 spiro atoms. The van der Waals surface area contributed by atoms with E-state index in [1.165, 1.54) is 0 Å². The van der Waals surface area contributed by atoms with Crippen LogP contribution in [-0.2, 0) is 14.3 Å². The molecular formula is C29H47N3O4. The average molecular weight is 502 g/mol. The lowest BCUT2D eigenvalue weighted by atomic mass is 9.43. The van der Waals surface area contributed by atoms with Crippen LogP contribution in [0.2, 0.25) is 0 Å². The molecule has 5 fully saturated rings. The Labute approximate surface area is 216 Å². The van der Waals surface area contributed by atoms with Crippen LogP contribution >= 0.6 is 0 Å². The van der Waals surface area contributed by atoms with Gasteiger partial charge in [0.05, 0.1) is 18.8 Å². The molecule has 5 rings (SSSR count). The topological polar surface area (TPSA) is 93.9 Å². The van der Waals surface area contributed by atoms with E-state index in [1.54, 1.807) is 14.0 Å². The van der Waals surface area contributed by atoms with Crippen LogP contribution in [0, 0.1) is 45.8 Å². The summed E-state index contributed by atoms with van der Waals surface area (Å²) < 4.78 is 5.85. The van der Waals surface area contributed by atoms with Crippen LogP contribution in [0.25, 0.3) is 0 Å². The van der Waals surface area contributed by atoms with Crippen molar-refractivity contribution in [2.45, 2.75) is 77.7 Å². The standard InChI is InChI=1S/C29H47N3O4/c1-19(33)32-13-11-31(12-14-32)17-25(34)23-8-7-22-21-6-5-20-15-27(2,35)9-10-29(20,18-36-4)26(21)24(30)16-28(22,23)3/h20-23,26,30,35H,5-18H2,1-4H3/t20-,21-,22-,23+,26?,27+,28-,29+/m0/s1. The molecule has 4 aliphatic carbocycles. The molecule has 1 unspecified atom stereocenters. The fraction of sp³-hybridized carbons (Fsp3) is 0.897. The van der Waals surface area contributed by atoms with Crippen LogP contribution in [-0.4, -0.2) is 84.3 Å². The van der Waals surface area contributed by atoms with Crippen LogP contribution < -0.4 is 0 Å². The lowest BCUT2D eigenvalue weighted by Crippen LogP contribution is -2.61. The minimum absolute atomic E-state index is 0.0258. The van der Waals surface area contributed by atoms with Gasteiger partial charge in [-0.1, -0.05) is 6.92 Å². The van der Waals surface area contributed by atoms with E-state index in [2.05, 4.69) is 11.8 Å². The summed E-state index contributed by atoms with van der Waals surface area (Å²) in [6.07, 6.45) is 7.48. The van der Waals surface area contributed by atoms with Crippen LogP contribution in [0.5, 0.6) is 0 Å². The SMILES string of the molecule is COC[C@]12CC[C@@](C)(O)C[C@@H]1CC[C@@H]1C2C(=N)C[C@]2(C)[C@@H](C(=O)CN3CCN(C(C)=O)CC3)CC[C@@H]12. The molecule has 8 atom stereocenters. The first-order valence-electron chi connectivity index (χ1n) is 14.3. The van der Waals surface area contributed by atoms with Gasteiger partial charge in [-0.3, -0.25) is 14.5 Å². The zero-order valence-corrected chi connectivity index (χ0v) is 22.9. The van der Waals surface area contributed by atoms with Crippen molar-refractivity contribution in [2.24, 2.45) is 40.4 Å². The van der Waals surface area contributed by atoms with Crippen molar-refractivity contribution >= 4 is 17.4 Å². The fourth-order valence-corrected chi connectivity index (χ4v) is 9.74. The Bertz CT molecular complexity index is 897. The van der Waals surface area contributed by atoms with Gasteiger partial charge in [0.1, 0.15) is 5.78 Å². The Kier molecular flexibility index (Phi) is 6.91. The molecule has 0 aromatic heterocycles. The van der Waals surface area contributed by atoms with E-state index in [9.17, 15) is 20.1 Å². The number of hydrogen-bond donors (Lipinski definition) is 2. The predicted octanol–water partition coefficient (Wildman–Crippen LogP) is 3.39. The van der Waals surface area contributed by atoms with E-state index in [-0.39, 0.29) is 28.6 Å². The summed E-state index contributed by atoms with van der Waals surface area (Å²) in [5, 5.41) is 20.3. The largest absolute Gasteiger partial charge is 0.390 e. The zero-order chi connectivity index (χ0) is 25.9. The van der Waals surface area contributed by atoms with E-state index >= 15 is 0 Å². The third-order valence-electron chi connectivity index (χ3n) is 11.4. The molecule has 1 heterocycles. The highest BCUT2D eigenvalue weighted by Gasteiger charge is 2.64. The van der Waals surface area contributed by atoms with Gasteiger partial charge in [-0.2, -0.15) is 0 Å². The summed E-state index contributed by atoms with van der Waals surface area (Å²) in [5.41, 5.74) is 0.0620. The number of Topliss-reactive ketones (excluding diaryl/α,β-unsaturated/α-hetero) is 1. The van der Waals surface area contributed by atoms with Crippen molar-refractivity contribution in [2.75, 3.05) is 46.4 Å². The highest BCUT2D eigenvalue weighted by molar-refractivity contribution is 5.90. The Hall–Kier alpha value is -1.31. The molecule has 7 nitrogen and oxygen atoms in total. The van der Waals surface area contributed by atoms with Gasteiger partial charge in [-0.05, 0) is 81.5 Å². The average Bonchev–Trinajstić information content (AvgIpc) is 3.16. The summed E-state index contributed by atoms with van der Waals surface area (Å²) >= 11 is 0. The summed E-state index contributed by atoms with van der Waals surface area (Å²) in [6.45, 7) is 10.0. The lowest BCUT2D eigenvalue weighted by molar-refractivity contribution is -0.148. The molecular weight excluding hydrogens is 454 g/mol. The first kappa shape index (κ1) is 26.3. The normalized spacial score (nSPS) is 45.1. The number of hydrogen-bond acceptors (Lipinski definition) is 6. The summed E-state index contributed by atoms with van der Waals surface area (Å²) in [6, 6.07) is 0. The van der Waals surface area contributed by atoms with Crippen molar-refractivity contribution in [1.82, 2.24) is 9.80 Å². The smallest absolute Gasteiger partial charge is 0.219 e. The van der Waals surface area contributed by atoms with E-state index in [0.717, 1.165) is 70.2 Å². The van der Waals surface area contributed by atoms with Gasteiger partial charge in [0.15, 0.2) is 0 Å². The molecule has 5 aliphatic rings. The molecule has 4 saturated carbocycles. The maximum absolute atomic E-state index is 13.7. The van der Waals surface area contributed by atoms with E-state index in [4.69, 9.17) is 4.74 Å². The maximum atomic E-state index is 13.7. The van der Waals surface area contributed by atoms with E-state index < -0.39 is 5.60 Å². The number of piperazine rings is 1.